The van der Waals surface area contributed by atoms with Gasteiger partial charge in [0.25, 0.3) is 0 Å². The second-order valence-electron chi connectivity index (χ2n) is 5.98. The van der Waals surface area contributed by atoms with Crippen molar-refractivity contribution in [2.75, 3.05) is 13.7 Å². The second-order valence-corrected chi connectivity index (χ2v) is 5.98. The van der Waals surface area contributed by atoms with Gasteiger partial charge in [-0.25, -0.2) is 0 Å². The number of likely N-dealkylation sites (N-methyl/N-ethyl adjacent to an activating group) is 1. The number of nitrogens with zero attached hydrogens (tertiary/aromatic N) is 1. The van der Waals surface area contributed by atoms with Crippen molar-refractivity contribution < 1.29 is 9.90 Å². The topological polar surface area (TPSA) is 52.6 Å². The molecule has 0 fully saturated rings. The average Bonchev–Trinajstić information content (AvgIpc) is 2.26. The van der Waals surface area contributed by atoms with E-state index in [1.165, 1.54) is 0 Å². The molecule has 2 N–H and O–H groups in total. The molecule has 0 aliphatic heterocycles. The first-order chi connectivity index (χ1) is 7.57. The summed E-state index contributed by atoms with van der Waals surface area (Å²) in [5, 5.41) is 12.3. The minimum atomic E-state index is -0.396. The minimum absolute atomic E-state index is 0.000810. The number of rotatable bonds is 6. The minimum Gasteiger partial charge on any atom is -0.394 e. The molecule has 0 spiro atoms. The molecule has 1 atom stereocenters. The highest BCUT2D eigenvalue weighted by atomic mass is 16.3. The third-order valence-corrected chi connectivity index (χ3v) is 3.65. The molecule has 1 unspecified atom stereocenters. The quantitative estimate of drug-likeness (QED) is 0.742. The van der Waals surface area contributed by atoms with Gasteiger partial charge in [-0.05, 0) is 48.1 Å². The van der Waals surface area contributed by atoms with Crippen LogP contribution in [-0.2, 0) is 4.79 Å². The van der Waals surface area contributed by atoms with Crippen LogP contribution in [0.2, 0.25) is 0 Å². The molecule has 1 amide bonds. The summed E-state index contributed by atoms with van der Waals surface area (Å²) in [6, 6.07) is -0.261. The Bertz CT molecular complexity index is 262. The van der Waals surface area contributed by atoms with Crippen LogP contribution in [0.15, 0.2) is 0 Å². The first-order valence-corrected chi connectivity index (χ1v) is 6.23. The highest BCUT2D eigenvalue weighted by Crippen LogP contribution is 2.16. The number of amides is 1. The van der Waals surface area contributed by atoms with Crippen LogP contribution in [-0.4, -0.2) is 46.7 Å². The van der Waals surface area contributed by atoms with E-state index in [1.807, 2.05) is 53.5 Å². The van der Waals surface area contributed by atoms with Crippen LogP contribution in [0.4, 0.5) is 0 Å². The van der Waals surface area contributed by atoms with Crippen LogP contribution >= 0.6 is 0 Å². The Morgan fingerprint density at radius 3 is 2.18 bits per heavy atom. The Balaban J connectivity index is 4.61. The lowest BCUT2D eigenvalue weighted by Gasteiger charge is -2.39. The lowest BCUT2D eigenvalue weighted by Crippen LogP contribution is -2.57. The Morgan fingerprint density at radius 1 is 1.35 bits per heavy atom. The van der Waals surface area contributed by atoms with E-state index in [9.17, 15) is 9.90 Å². The van der Waals surface area contributed by atoms with Crippen LogP contribution in [0.25, 0.3) is 0 Å². The number of carbonyl (C=O) groups excluding carboxylic acids is 1. The van der Waals surface area contributed by atoms with Crippen molar-refractivity contribution in [1.29, 1.82) is 0 Å². The zero-order valence-corrected chi connectivity index (χ0v) is 12.3. The lowest BCUT2D eigenvalue weighted by molar-refractivity contribution is -0.129. The number of aliphatic hydroxyl groups excluding tert-OH is 1. The summed E-state index contributed by atoms with van der Waals surface area (Å²) in [5.74, 6) is 0.000810. The number of aliphatic hydroxyl groups is 1. The molecule has 4 heteroatoms. The summed E-state index contributed by atoms with van der Waals surface area (Å²) in [4.78, 5) is 14.0. The fourth-order valence-electron chi connectivity index (χ4n) is 1.34. The predicted octanol–water partition coefficient (Wildman–Crippen LogP) is 1.38. The van der Waals surface area contributed by atoms with Gasteiger partial charge >= 0.3 is 0 Å². The molecular weight excluding hydrogens is 216 g/mol. The first kappa shape index (κ1) is 16.4. The summed E-state index contributed by atoms with van der Waals surface area (Å²) in [5.41, 5.74) is -0.581. The zero-order valence-electron chi connectivity index (χ0n) is 12.3. The van der Waals surface area contributed by atoms with Crippen LogP contribution < -0.4 is 5.32 Å². The van der Waals surface area contributed by atoms with E-state index < -0.39 is 5.54 Å². The number of hydrogen-bond donors (Lipinski definition) is 2. The van der Waals surface area contributed by atoms with Crippen molar-refractivity contribution in [3.05, 3.63) is 0 Å². The molecule has 0 aromatic rings. The maximum Gasteiger partial charge on any atom is 0.237 e. The van der Waals surface area contributed by atoms with Crippen LogP contribution in [0.3, 0.4) is 0 Å². The summed E-state index contributed by atoms with van der Waals surface area (Å²) in [6.07, 6.45) is 0.887. The van der Waals surface area contributed by atoms with Gasteiger partial charge in [0.05, 0.1) is 12.6 Å². The van der Waals surface area contributed by atoms with Gasteiger partial charge in [-0.3, -0.25) is 9.69 Å². The Kier molecular flexibility index (Phi) is 5.62. The van der Waals surface area contributed by atoms with Gasteiger partial charge < -0.3 is 10.4 Å². The first-order valence-electron chi connectivity index (χ1n) is 6.23. The van der Waals surface area contributed by atoms with E-state index in [0.29, 0.717) is 0 Å². The molecule has 0 radical (unpaired) electrons. The van der Waals surface area contributed by atoms with E-state index in [-0.39, 0.29) is 24.1 Å². The third-order valence-electron chi connectivity index (χ3n) is 3.65. The average molecular weight is 244 g/mol. The molecule has 17 heavy (non-hydrogen) atoms. The summed E-state index contributed by atoms with van der Waals surface area (Å²) >= 11 is 0. The lowest BCUT2D eigenvalue weighted by atomic mass is 9.99. The molecule has 0 bridgehead atoms. The van der Waals surface area contributed by atoms with Crippen molar-refractivity contribution in [3.8, 4) is 0 Å². The molecule has 0 saturated carbocycles. The summed E-state index contributed by atoms with van der Waals surface area (Å²) < 4.78 is 0. The fraction of sp³-hybridized carbons (Fsp3) is 0.923. The Hall–Kier alpha value is -0.610. The van der Waals surface area contributed by atoms with Crippen molar-refractivity contribution in [2.24, 2.45) is 0 Å². The molecule has 0 heterocycles. The molecular formula is C13H28N2O2. The highest BCUT2D eigenvalue weighted by molar-refractivity contribution is 5.82. The molecule has 0 aromatic heterocycles. The Morgan fingerprint density at radius 2 is 1.82 bits per heavy atom. The Labute approximate surface area is 105 Å². The van der Waals surface area contributed by atoms with Crippen molar-refractivity contribution in [3.63, 3.8) is 0 Å². The van der Waals surface area contributed by atoms with Crippen molar-refractivity contribution in [2.45, 2.75) is 65.1 Å². The molecule has 0 saturated heterocycles. The molecule has 0 rings (SSSR count). The van der Waals surface area contributed by atoms with Gasteiger partial charge in [0, 0.05) is 11.1 Å². The van der Waals surface area contributed by atoms with E-state index >= 15 is 0 Å². The monoisotopic (exact) mass is 244 g/mol. The smallest absolute Gasteiger partial charge is 0.237 e. The van der Waals surface area contributed by atoms with Gasteiger partial charge in [-0.2, -0.15) is 0 Å². The largest absolute Gasteiger partial charge is 0.394 e. The van der Waals surface area contributed by atoms with Gasteiger partial charge in [0.15, 0.2) is 0 Å². The number of nitrogens with one attached hydrogen (secondary N) is 1. The van der Waals surface area contributed by atoms with Gasteiger partial charge in [0.1, 0.15) is 0 Å². The predicted molar refractivity (Wildman–Crippen MR) is 70.9 cm³/mol. The fourth-order valence-corrected chi connectivity index (χ4v) is 1.34. The van der Waals surface area contributed by atoms with Crippen LogP contribution in [0.1, 0.15) is 48.0 Å². The van der Waals surface area contributed by atoms with Gasteiger partial charge in [-0.15, -0.1) is 0 Å². The summed E-state index contributed by atoms with van der Waals surface area (Å²) in [7, 11) is 1.86. The van der Waals surface area contributed by atoms with Crippen molar-refractivity contribution in [1.82, 2.24) is 10.2 Å². The van der Waals surface area contributed by atoms with Crippen LogP contribution in [0, 0.1) is 0 Å². The van der Waals surface area contributed by atoms with E-state index in [0.717, 1.165) is 6.42 Å². The third kappa shape index (κ3) is 4.64. The van der Waals surface area contributed by atoms with E-state index in [1.54, 1.807) is 0 Å². The number of hydrogen-bond acceptors (Lipinski definition) is 3. The number of carbonyl (C=O) groups is 1. The second kappa shape index (κ2) is 5.83. The van der Waals surface area contributed by atoms with E-state index in [2.05, 4.69) is 5.32 Å². The van der Waals surface area contributed by atoms with Gasteiger partial charge in [0.2, 0.25) is 5.91 Å². The van der Waals surface area contributed by atoms with Crippen molar-refractivity contribution >= 4 is 5.91 Å². The standard InChI is InChI=1S/C13H28N2O2/c1-8-12(3,4)14-11(17)10(2)15(7)13(5,6)9-16/h10,16H,8-9H2,1-7H3,(H,14,17). The summed E-state index contributed by atoms with van der Waals surface area (Å²) in [6.45, 7) is 11.8. The molecule has 0 aliphatic rings. The van der Waals surface area contributed by atoms with Crippen LogP contribution in [0.5, 0.6) is 0 Å². The maximum absolute atomic E-state index is 12.1. The molecule has 4 nitrogen and oxygen atoms in total. The molecule has 102 valence electrons. The molecule has 0 aliphatic carbocycles. The van der Waals surface area contributed by atoms with E-state index in [4.69, 9.17) is 0 Å². The highest BCUT2D eigenvalue weighted by Gasteiger charge is 2.31. The van der Waals surface area contributed by atoms with Gasteiger partial charge in [-0.1, -0.05) is 6.92 Å². The molecule has 0 aromatic carbocycles. The maximum atomic E-state index is 12.1. The SMILES string of the molecule is CCC(C)(C)NC(=O)C(C)N(C)C(C)(C)CO. The zero-order chi connectivity index (χ0) is 13.9. The normalized spacial score (nSPS) is 14.9.